The Morgan fingerprint density at radius 2 is 2.05 bits per heavy atom. The van der Waals surface area contributed by atoms with Gasteiger partial charge in [-0.25, -0.2) is 0 Å². The first-order chi connectivity index (χ1) is 10.2. The molecule has 0 aliphatic heterocycles. The molecule has 2 aromatic rings. The van der Waals surface area contributed by atoms with Crippen LogP contribution in [-0.4, -0.2) is 36.9 Å². The zero-order chi connectivity index (χ0) is 15.2. The minimum absolute atomic E-state index is 0.286. The number of methoxy groups -OCH3 is 2. The molecule has 1 aromatic heterocycles. The minimum atomic E-state index is -0.286. The zero-order valence-corrected chi connectivity index (χ0v) is 12.6. The van der Waals surface area contributed by atoms with Crippen molar-refractivity contribution in [3.05, 3.63) is 28.8 Å². The van der Waals surface area contributed by atoms with Crippen molar-refractivity contribution >= 4 is 22.4 Å². The summed E-state index contributed by atoms with van der Waals surface area (Å²) >= 11 is 1.31. The summed E-state index contributed by atoms with van der Waals surface area (Å²) in [6.07, 6.45) is 0.643. The van der Waals surface area contributed by atoms with Crippen LogP contribution in [0.25, 0.3) is 0 Å². The molecule has 0 bridgehead atoms. The molecule has 112 valence electrons. The summed E-state index contributed by atoms with van der Waals surface area (Å²) < 4.78 is 10.3. The van der Waals surface area contributed by atoms with Crippen LogP contribution in [0.2, 0.25) is 0 Å². The Hall–Kier alpha value is -2.19. The highest BCUT2D eigenvalue weighted by atomic mass is 32.1. The highest BCUT2D eigenvalue weighted by molar-refractivity contribution is 7.15. The Morgan fingerprint density at radius 1 is 1.29 bits per heavy atom. The number of ether oxygens (including phenoxy) is 2. The summed E-state index contributed by atoms with van der Waals surface area (Å²) in [5, 5.41) is 11.8. The Kier molecular flexibility index (Phi) is 5.07. The molecule has 7 nitrogen and oxygen atoms in total. The van der Waals surface area contributed by atoms with Gasteiger partial charge in [0.25, 0.3) is 5.91 Å². The highest BCUT2D eigenvalue weighted by Crippen LogP contribution is 2.28. The van der Waals surface area contributed by atoms with Crippen LogP contribution in [0, 0.1) is 0 Å². The predicted octanol–water partition coefficient (Wildman–Crippen LogP) is 1.31. The lowest BCUT2D eigenvalue weighted by atomic mass is 10.2. The first-order valence-electron chi connectivity index (χ1n) is 6.23. The summed E-state index contributed by atoms with van der Waals surface area (Å²) in [7, 11) is 3.06. The molecule has 0 aliphatic carbocycles. The maximum Gasteiger partial charge on any atom is 0.257 e. The van der Waals surface area contributed by atoms with Crippen LogP contribution in [-0.2, 0) is 6.42 Å². The fourth-order valence-corrected chi connectivity index (χ4v) is 2.43. The van der Waals surface area contributed by atoms with Gasteiger partial charge in [-0.15, -0.1) is 10.2 Å². The molecule has 21 heavy (non-hydrogen) atoms. The largest absolute Gasteiger partial charge is 0.493 e. The standard InChI is InChI=1S/C13H16N4O3S/c1-19-9-4-3-8(7-10(9)20-2)12(18)15-13-17-16-11(21-13)5-6-14/h3-4,7H,5-6,14H2,1-2H3,(H,15,17,18). The van der Waals surface area contributed by atoms with Crippen molar-refractivity contribution in [1.29, 1.82) is 0 Å². The first-order valence-corrected chi connectivity index (χ1v) is 7.05. The monoisotopic (exact) mass is 308 g/mol. The van der Waals surface area contributed by atoms with Crippen LogP contribution >= 0.6 is 11.3 Å². The maximum absolute atomic E-state index is 12.2. The first kappa shape index (κ1) is 15.2. The summed E-state index contributed by atoms with van der Waals surface area (Å²) in [5.74, 6) is 0.771. The highest BCUT2D eigenvalue weighted by Gasteiger charge is 2.13. The molecule has 1 heterocycles. The molecule has 2 rings (SSSR count). The third kappa shape index (κ3) is 3.67. The summed E-state index contributed by atoms with van der Waals surface area (Å²) in [5.41, 5.74) is 5.89. The van der Waals surface area contributed by atoms with E-state index < -0.39 is 0 Å². The minimum Gasteiger partial charge on any atom is -0.493 e. The number of aromatic nitrogens is 2. The molecule has 0 fully saturated rings. The molecule has 1 amide bonds. The number of carbonyl (C=O) groups is 1. The van der Waals surface area contributed by atoms with Gasteiger partial charge < -0.3 is 15.2 Å². The summed E-state index contributed by atoms with van der Waals surface area (Å²) in [4.78, 5) is 12.2. The molecule has 1 aromatic carbocycles. The summed E-state index contributed by atoms with van der Waals surface area (Å²) in [6, 6.07) is 4.93. The van der Waals surface area contributed by atoms with E-state index in [-0.39, 0.29) is 5.91 Å². The molecule has 8 heteroatoms. The van der Waals surface area contributed by atoms with Gasteiger partial charge in [0.05, 0.1) is 14.2 Å². The second kappa shape index (κ2) is 7.00. The van der Waals surface area contributed by atoms with Crippen molar-refractivity contribution in [2.45, 2.75) is 6.42 Å². The summed E-state index contributed by atoms with van der Waals surface area (Å²) in [6.45, 7) is 0.498. The van der Waals surface area contributed by atoms with E-state index in [2.05, 4.69) is 15.5 Å². The van der Waals surface area contributed by atoms with Crippen LogP contribution in [0.5, 0.6) is 11.5 Å². The van der Waals surface area contributed by atoms with E-state index in [1.54, 1.807) is 18.2 Å². The van der Waals surface area contributed by atoms with Crippen LogP contribution < -0.4 is 20.5 Å². The van der Waals surface area contributed by atoms with E-state index in [1.807, 2.05) is 0 Å². The number of nitrogens with two attached hydrogens (primary N) is 1. The normalized spacial score (nSPS) is 10.2. The quantitative estimate of drug-likeness (QED) is 0.834. The molecule has 0 saturated heterocycles. The second-order valence-corrected chi connectivity index (χ2v) is 5.13. The molecule has 0 radical (unpaired) electrons. The number of benzene rings is 1. The Balaban J connectivity index is 2.12. The number of rotatable bonds is 6. The van der Waals surface area contributed by atoms with Gasteiger partial charge in [-0.05, 0) is 24.7 Å². The topological polar surface area (TPSA) is 99.4 Å². The van der Waals surface area contributed by atoms with Crippen molar-refractivity contribution in [3.8, 4) is 11.5 Å². The Morgan fingerprint density at radius 3 is 2.71 bits per heavy atom. The average Bonchev–Trinajstić information content (AvgIpc) is 2.94. The third-order valence-corrected chi connectivity index (χ3v) is 3.59. The van der Waals surface area contributed by atoms with Crippen LogP contribution in [0.15, 0.2) is 18.2 Å². The van der Waals surface area contributed by atoms with Crippen molar-refractivity contribution in [3.63, 3.8) is 0 Å². The predicted molar refractivity (Wildman–Crippen MR) is 80.2 cm³/mol. The molecule has 3 N–H and O–H groups in total. The Bertz CT molecular complexity index is 630. The van der Waals surface area contributed by atoms with Crippen LogP contribution in [0.1, 0.15) is 15.4 Å². The van der Waals surface area contributed by atoms with Crippen molar-refractivity contribution < 1.29 is 14.3 Å². The number of hydrogen-bond donors (Lipinski definition) is 2. The van der Waals surface area contributed by atoms with Crippen LogP contribution in [0.3, 0.4) is 0 Å². The lowest BCUT2D eigenvalue weighted by Gasteiger charge is -2.08. The van der Waals surface area contributed by atoms with E-state index in [9.17, 15) is 4.79 Å². The number of carbonyl (C=O) groups excluding carboxylic acids is 1. The number of amides is 1. The molecular formula is C13H16N4O3S. The van der Waals surface area contributed by atoms with E-state index in [0.717, 1.165) is 5.01 Å². The smallest absolute Gasteiger partial charge is 0.257 e. The number of hydrogen-bond acceptors (Lipinski definition) is 7. The number of anilines is 1. The molecular weight excluding hydrogens is 292 g/mol. The van der Waals surface area contributed by atoms with Gasteiger partial charge in [-0.3, -0.25) is 10.1 Å². The lowest BCUT2D eigenvalue weighted by molar-refractivity contribution is 0.102. The van der Waals surface area contributed by atoms with Gasteiger partial charge >= 0.3 is 0 Å². The molecule has 0 spiro atoms. The van der Waals surface area contributed by atoms with E-state index >= 15 is 0 Å². The Labute approximate surface area is 126 Å². The van der Waals surface area contributed by atoms with Crippen LogP contribution in [0.4, 0.5) is 5.13 Å². The van der Waals surface area contributed by atoms with E-state index in [4.69, 9.17) is 15.2 Å². The van der Waals surface area contributed by atoms with E-state index in [1.165, 1.54) is 25.6 Å². The van der Waals surface area contributed by atoms with Crippen molar-refractivity contribution in [2.24, 2.45) is 5.73 Å². The van der Waals surface area contributed by atoms with Crippen molar-refractivity contribution in [2.75, 3.05) is 26.1 Å². The zero-order valence-electron chi connectivity index (χ0n) is 11.8. The fraction of sp³-hybridized carbons (Fsp3) is 0.308. The second-order valence-electron chi connectivity index (χ2n) is 4.06. The van der Waals surface area contributed by atoms with E-state index in [0.29, 0.717) is 35.2 Å². The van der Waals surface area contributed by atoms with Gasteiger partial charge in [0.1, 0.15) is 5.01 Å². The fourth-order valence-electron chi connectivity index (χ4n) is 1.68. The van der Waals surface area contributed by atoms with Gasteiger partial charge in [-0.2, -0.15) is 0 Å². The third-order valence-electron chi connectivity index (χ3n) is 2.69. The van der Waals surface area contributed by atoms with Gasteiger partial charge in [-0.1, -0.05) is 11.3 Å². The molecule has 0 unspecified atom stereocenters. The van der Waals surface area contributed by atoms with Gasteiger partial charge in [0, 0.05) is 12.0 Å². The number of nitrogens with zero attached hydrogens (tertiary/aromatic N) is 2. The average molecular weight is 308 g/mol. The van der Waals surface area contributed by atoms with Gasteiger partial charge in [0.2, 0.25) is 5.13 Å². The molecule has 0 aliphatic rings. The number of nitrogens with one attached hydrogen (secondary N) is 1. The molecule has 0 saturated carbocycles. The van der Waals surface area contributed by atoms with Crippen molar-refractivity contribution in [1.82, 2.24) is 10.2 Å². The lowest BCUT2D eigenvalue weighted by Crippen LogP contribution is -2.12. The maximum atomic E-state index is 12.2. The molecule has 0 atom stereocenters. The van der Waals surface area contributed by atoms with Gasteiger partial charge in [0.15, 0.2) is 11.5 Å². The SMILES string of the molecule is COc1ccc(C(=O)Nc2nnc(CCN)s2)cc1OC.